The third kappa shape index (κ3) is 1.69. The molecule has 1 aromatic rings. The largest absolute Gasteiger partial charge is 0.368 e. The maximum Gasteiger partial charge on any atom is 0.222 e. The molecule has 0 aliphatic heterocycles. The van der Waals surface area contributed by atoms with Gasteiger partial charge in [-0.1, -0.05) is 23.2 Å². The van der Waals surface area contributed by atoms with E-state index >= 15 is 0 Å². The molecule has 1 heterocycles. The molecule has 0 unspecified atom stereocenters. The number of anilines is 1. The summed E-state index contributed by atoms with van der Waals surface area (Å²) in [5.74, 6) is -0.0222. The van der Waals surface area contributed by atoms with Crippen LogP contribution >= 0.6 is 23.2 Å². The third-order valence-corrected chi connectivity index (χ3v) is 0.990. The van der Waals surface area contributed by atoms with Gasteiger partial charge < -0.3 is 5.73 Å². The molecule has 5 heteroatoms. The number of nitrogens with zero attached hydrogens (tertiary/aromatic N) is 2. The Bertz CT molecular complexity index is 242. The summed E-state index contributed by atoms with van der Waals surface area (Å²) in [5.41, 5.74) is 5.15. The molecule has 0 saturated heterocycles. The van der Waals surface area contributed by atoms with Gasteiger partial charge in [-0.25, -0.2) is 9.97 Å². The highest BCUT2D eigenvalue weighted by Gasteiger charge is 1.94. The second-order valence-electron chi connectivity index (χ2n) is 1.29. The molecule has 0 spiro atoms. The van der Waals surface area contributed by atoms with Gasteiger partial charge in [0.05, 0.1) is 1.37 Å². The van der Waals surface area contributed by atoms with Crippen molar-refractivity contribution in [2.45, 2.75) is 0 Å². The van der Waals surface area contributed by atoms with Crippen molar-refractivity contribution in [2.24, 2.45) is 0 Å². The van der Waals surface area contributed by atoms with Crippen LogP contribution in [0.5, 0.6) is 0 Å². The Morgan fingerprint density at radius 3 is 2.33 bits per heavy atom. The zero-order valence-corrected chi connectivity index (χ0v) is 5.74. The number of hydrogen-bond donors (Lipinski definition) is 1. The third-order valence-electron chi connectivity index (χ3n) is 0.632. The first-order chi connectivity index (χ1) is 4.61. The van der Waals surface area contributed by atoms with Crippen LogP contribution in [0.25, 0.3) is 0 Å². The monoisotopic (exact) mass is 164 g/mol. The zero-order chi connectivity index (χ0) is 7.72. The first-order valence-electron chi connectivity index (χ1n) is 2.56. The number of nitrogens with two attached hydrogens (primary N) is 1. The van der Waals surface area contributed by atoms with Crippen LogP contribution in [-0.4, -0.2) is 9.97 Å². The number of hydrogen-bond acceptors (Lipinski definition) is 3. The Labute approximate surface area is 63.2 Å². The van der Waals surface area contributed by atoms with Crippen molar-refractivity contribution in [1.29, 1.82) is 0 Å². The maximum atomic E-state index is 7.10. The molecule has 0 aliphatic rings. The standard InChI is InChI=1S/C4H3Cl2N3/c5-2-1-3(6)9-4(7)8-2/h1H,(H2,7,8,9)/i1D. The second kappa shape index (κ2) is 2.37. The molecule has 2 N–H and O–H groups in total. The number of halogens is 2. The predicted octanol–water partition coefficient (Wildman–Crippen LogP) is 1.37. The maximum absolute atomic E-state index is 7.10. The van der Waals surface area contributed by atoms with E-state index in [-0.39, 0.29) is 22.3 Å². The lowest BCUT2D eigenvalue weighted by molar-refractivity contribution is 1.19. The summed E-state index contributed by atoms with van der Waals surface area (Å²) in [4.78, 5) is 6.99. The summed E-state index contributed by atoms with van der Waals surface area (Å²) in [6, 6.07) is -0.0995. The molecule has 0 aromatic carbocycles. The van der Waals surface area contributed by atoms with Gasteiger partial charge in [-0.2, -0.15) is 0 Å². The lowest BCUT2D eigenvalue weighted by Crippen LogP contribution is -1.93. The van der Waals surface area contributed by atoms with E-state index in [4.69, 9.17) is 30.3 Å². The first kappa shape index (κ1) is 5.26. The number of aromatic nitrogens is 2. The van der Waals surface area contributed by atoms with E-state index in [0.29, 0.717) is 0 Å². The van der Waals surface area contributed by atoms with Crippen LogP contribution in [0.2, 0.25) is 10.3 Å². The Balaban J connectivity index is 3.31. The Morgan fingerprint density at radius 2 is 1.89 bits per heavy atom. The van der Waals surface area contributed by atoms with Crippen LogP contribution in [0, 0.1) is 0 Å². The zero-order valence-electron chi connectivity index (χ0n) is 5.23. The molecule has 0 atom stereocenters. The molecule has 3 nitrogen and oxygen atoms in total. The lowest BCUT2D eigenvalue weighted by Gasteiger charge is -1.91. The Hall–Kier alpha value is -0.540. The molecule has 9 heavy (non-hydrogen) atoms. The molecular formula is C4H3Cl2N3. The van der Waals surface area contributed by atoms with Crippen molar-refractivity contribution in [1.82, 2.24) is 9.97 Å². The van der Waals surface area contributed by atoms with Gasteiger partial charge >= 0.3 is 0 Å². The van der Waals surface area contributed by atoms with Crippen LogP contribution in [0.3, 0.4) is 0 Å². The van der Waals surface area contributed by atoms with E-state index in [0.717, 1.165) is 0 Å². The molecule has 0 fully saturated rings. The second-order valence-corrected chi connectivity index (χ2v) is 2.00. The van der Waals surface area contributed by atoms with E-state index in [9.17, 15) is 0 Å². The molecule has 1 aromatic heterocycles. The summed E-state index contributed by atoms with van der Waals surface area (Å²) in [5, 5.41) is -0.0602. The average molecular weight is 165 g/mol. The summed E-state index contributed by atoms with van der Waals surface area (Å²) < 4.78 is 7.10. The van der Waals surface area contributed by atoms with Crippen molar-refractivity contribution in [2.75, 3.05) is 5.73 Å². The molecule has 0 bridgehead atoms. The molecule has 48 valence electrons. The van der Waals surface area contributed by atoms with Crippen molar-refractivity contribution in [3.63, 3.8) is 0 Å². The Kier molecular flexibility index (Phi) is 1.39. The van der Waals surface area contributed by atoms with Crippen molar-refractivity contribution >= 4 is 29.2 Å². The van der Waals surface area contributed by atoms with Crippen molar-refractivity contribution in [3.05, 3.63) is 16.3 Å². The van der Waals surface area contributed by atoms with Gasteiger partial charge in [0.25, 0.3) is 0 Å². The van der Waals surface area contributed by atoms with E-state index in [2.05, 4.69) is 9.97 Å². The van der Waals surface area contributed by atoms with Gasteiger partial charge in [-0.15, -0.1) is 0 Å². The van der Waals surface area contributed by atoms with E-state index in [1.807, 2.05) is 0 Å². The van der Waals surface area contributed by atoms with E-state index < -0.39 is 0 Å². The van der Waals surface area contributed by atoms with Crippen LogP contribution < -0.4 is 5.73 Å². The molecule has 0 amide bonds. The summed E-state index contributed by atoms with van der Waals surface area (Å²) >= 11 is 10.8. The minimum Gasteiger partial charge on any atom is -0.368 e. The van der Waals surface area contributed by atoms with Crippen LogP contribution in [-0.2, 0) is 0 Å². The minimum atomic E-state index is -0.0995. The fraction of sp³-hybridized carbons (Fsp3) is 0. The van der Waals surface area contributed by atoms with Crippen molar-refractivity contribution < 1.29 is 1.37 Å². The van der Waals surface area contributed by atoms with Crippen LogP contribution in [0.1, 0.15) is 1.37 Å². The van der Waals surface area contributed by atoms with Gasteiger partial charge in [0.15, 0.2) is 0 Å². The Morgan fingerprint density at radius 1 is 1.44 bits per heavy atom. The number of rotatable bonds is 0. The topological polar surface area (TPSA) is 51.8 Å². The fourth-order valence-electron chi connectivity index (χ4n) is 0.367. The van der Waals surface area contributed by atoms with Gasteiger partial charge in [0.2, 0.25) is 5.95 Å². The summed E-state index contributed by atoms with van der Waals surface area (Å²) in [6.45, 7) is 0. The fourth-order valence-corrected chi connectivity index (χ4v) is 0.768. The summed E-state index contributed by atoms with van der Waals surface area (Å²) in [6.07, 6.45) is 0. The normalized spacial score (nSPS) is 11.1. The molecule has 1 rings (SSSR count). The highest BCUT2D eigenvalue weighted by molar-refractivity contribution is 6.33. The van der Waals surface area contributed by atoms with Crippen LogP contribution in [0.4, 0.5) is 5.95 Å². The number of nitrogen functional groups attached to an aromatic ring is 1. The minimum absolute atomic E-state index is 0.0222. The highest BCUT2D eigenvalue weighted by Crippen LogP contribution is 2.11. The van der Waals surface area contributed by atoms with E-state index in [1.165, 1.54) is 0 Å². The predicted molar refractivity (Wildman–Crippen MR) is 36.5 cm³/mol. The van der Waals surface area contributed by atoms with Gasteiger partial charge in [0, 0.05) is 6.04 Å². The quantitative estimate of drug-likeness (QED) is 0.590. The average Bonchev–Trinajstić information content (AvgIpc) is 1.82. The van der Waals surface area contributed by atoms with Gasteiger partial charge in [-0.05, 0) is 0 Å². The van der Waals surface area contributed by atoms with Crippen LogP contribution in [0.15, 0.2) is 6.04 Å². The molecule has 0 aliphatic carbocycles. The lowest BCUT2D eigenvalue weighted by atomic mass is 10.7. The van der Waals surface area contributed by atoms with Crippen molar-refractivity contribution in [3.8, 4) is 0 Å². The molecular weight excluding hydrogens is 161 g/mol. The first-order valence-corrected chi connectivity index (χ1v) is 2.82. The highest BCUT2D eigenvalue weighted by atomic mass is 35.5. The van der Waals surface area contributed by atoms with E-state index in [1.54, 1.807) is 0 Å². The molecule has 0 radical (unpaired) electrons. The SMILES string of the molecule is [2H]c1c(Cl)nc(N)nc1Cl. The van der Waals surface area contributed by atoms with Gasteiger partial charge in [-0.3, -0.25) is 0 Å². The smallest absolute Gasteiger partial charge is 0.222 e. The van der Waals surface area contributed by atoms with Gasteiger partial charge in [0.1, 0.15) is 10.3 Å². The summed E-state index contributed by atoms with van der Waals surface area (Å²) in [7, 11) is 0. The molecule has 0 saturated carbocycles.